The number of aryl methyl sites for hydroxylation is 2. The Bertz CT molecular complexity index is 1030. The van der Waals surface area contributed by atoms with Crippen molar-refractivity contribution in [2.24, 2.45) is 7.05 Å². The summed E-state index contributed by atoms with van der Waals surface area (Å²) in [5.41, 5.74) is 3.97. The van der Waals surface area contributed by atoms with Crippen LogP contribution in [0.1, 0.15) is 53.9 Å². The minimum atomic E-state index is -0.656. The SMILES string of the molecule is Cc1nn(C)c(C)c1C(O)=C1C(=O)C(=O)N(CCN(C)C)C1c1ccc(C(C)C)cc1. The molecular weight excluding hydrogens is 392 g/mol. The number of carbonyl (C=O) groups is 2. The smallest absolute Gasteiger partial charge is 0.295 e. The quantitative estimate of drug-likeness (QED) is 0.438. The predicted octanol–water partition coefficient (Wildman–Crippen LogP) is 3.14. The number of ketones is 1. The average molecular weight is 425 g/mol. The van der Waals surface area contributed by atoms with Gasteiger partial charge in [0.05, 0.1) is 22.9 Å². The molecule has 1 aromatic heterocycles. The molecule has 0 saturated carbocycles. The third-order valence-electron chi connectivity index (χ3n) is 5.99. The highest BCUT2D eigenvalue weighted by Crippen LogP contribution is 2.40. The number of likely N-dealkylation sites (N-methyl/N-ethyl adjacent to an activating group) is 1. The van der Waals surface area contributed by atoms with E-state index in [9.17, 15) is 14.7 Å². The second kappa shape index (κ2) is 8.67. The van der Waals surface area contributed by atoms with Crippen molar-refractivity contribution in [1.29, 1.82) is 0 Å². The summed E-state index contributed by atoms with van der Waals surface area (Å²) in [5.74, 6) is -1.03. The Hall–Kier alpha value is -2.93. The van der Waals surface area contributed by atoms with Crippen LogP contribution in [-0.4, -0.2) is 63.6 Å². The van der Waals surface area contributed by atoms with Gasteiger partial charge in [-0.25, -0.2) is 0 Å². The van der Waals surface area contributed by atoms with Crippen LogP contribution in [0.2, 0.25) is 0 Å². The Labute approximate surface area is 184 Å². The van der Waals surface area contributed by atoms with Gasteiger partial charge in [0, 0.05) is 25.8 Å². The van der Waals surface area contributed by atoms with E-state index >= 15 is 0 Å². The molecule has 2 aromatic rings. The monoisotopic (exact) mass is 424 g/mol. The lowest BCUT2D eigenvalue weighted by atomic mass is 9.93. The summed E-state index contributed by atoms with van der Waals surface area (Å²) in [6.07, 6.45) is 0. The van der Waals surface area contributed by atoms with Crippen molar-refractivity contribution in [3.05, 3.63) is 57.9 Å². The van der Waals surface area contributed by atoms with Crippen molar-refractivity contribution in [2.45, 2.75) is 39.7 Å². The lowest BCUT2D eigenvalue weighted by Crippen LogP contribution is -2.35. The molecule has 1 aliphatic heterocycles. The van der Waals surface area contributed by atoms with Gasteiger partial charge < -0.3 is 14.9 Å². The molecule has 1 atom stereocenters. The van der Waals surface area contributed by atoms with Crippen LogP contribution in [0.15, 0.2) is 29.8 Å². The zero-order valence-electron chi connectivity index (χ0n) is 19.4. The molecule has 7 heteroatoms. The van der Waals surface area contributed by atoms with Crippen LogP contribution in [0.5, 0.6) is 0 Å². The van der Waals surface area contributed by atoms with E-state index in [1.165, 1.54) is 5.56 Å². The van der Waals surface area contributed by atoms with Gasteiger partial charge in [0.1, 0.15) is 5.76 Å². The summed E-state index contributed by atoms with van der Waals surface area (Å²) in [5, 5.41) is 15.6. The molecule has 166 valence electrons. The molecule has 1 saturated heterocycles. The molecule has 7 nitrogen and oxygen atoms in total. The first-order chi connectivity index (χ1) is 14.5. The van der Waals surface area contributed by atoms with Gasteiger partial charge in [-0.05, 0) is 45.0 Å². The standard InChI is InChI=1S/C24H32N4O3/c1-14(2)17-8-10-18(11-9-17)21-20(22(29)19-15(3)25-27(7)16(19)4)23(30)24(31)28(21)13-12-26(5)6/h8-11,14,21,29H,12-13H2,1-7H3. The van der Waals surface area contributed by atoms with E-state index in [-0.39, 0.29) is 11.3 Å². The van der Waals surface area contributed by atoms with Gasteiger partial charge in [0.2, 0.25) is 0 Å². The molecule has 1 fully saturated rings. The maximum Gasteiger partial charge on any atom is 0.295 e. The van der Waals surface area contributed by atoms with Gasteiger partial charge >= 0.3 is 0 Å². The van der Waals surface area contributed by atoms with Crippen molar-refractivity contribution in [3.63, 3.8) is 0 Å². The molecule has 0 bridgehead atoms. The van der Waals surface area contributed by atoms with Gasteiger partial charge in [-0.15, -0.1) is 0 Å². The van der Waals surface area contributed by atoms with Crippen LogP contribution in [0, 0.1) is 13.8 Å². The Morgan fingerprint density at radius 1 is 1.16 bits per heavy atom. The molecular formula is C24H32N4O3. The molecule has 1 N–H and O–H groups in total. The van der Waals surface area contributed by atoms with Crippen LogP contribution in [0.4, 0.5) is 0 Å². The first-order valence-corrected chi connectivity index (χ1v) is 10.6. The number of nitrogens with zero attached hydrogens (tertiary/aromatic N) is 4. The first-order valence-electron chi connectivity index (χ1n) is 10.6. The molecule has 1 unspecified atom stereocenters. The summed E-state index contributed by atoms with van der Waals surface area (Å²) >= 11 is 0. The molecule has 1 amide bonds. The molecule has 3 rings (SSSR count). The highest BCUT2D eigenvalue weighted by Gasteiger charge is 2.46. The van der Waals surface area contributed by atoms with E-state index in [0.717, 1.165) is 11.3 Å². The fourth-order valence-electron chi connectivity index (χ4n) is 4.08. The van der Waals surface area contributed by atoms with Gasteiger partial charge in [-0.3, -0.25) is 14.3 Å². The van der Waals surface area contributed by atoms with Crippen molar-refractivity contribution < 1.29 is 14.7 Å². The Kier molecular flexibility index (Phi) is 6.36. The molecule has 2 heterocycles. The topological polar surface area (TPSA) is 78.7 Å². The summed E-state index contributed by atoms with van der Waals surface area (Å²) in [7, 11) is 5.63. The number of carbonyl (C=O) groups excluding carboxylic acids is 2. The van der Waals surface area contributed by atoms with Crippen LogP contribution >= 0.6 is 0 Å². The zero-order valence-corrected chi connectivity index (χ0v) is 19.4. The van der Waals surface area contributed by atoms with E-state index < -0.39 is 17.7 Å². The maximum atomic E-state index is 13.1. The number of likely N-dealkylation sites (tertiary alicyclic amines) is 1. The fraction of sp³-hybridized carbons (Fsp3) is 0.458. The van der Waals surface area contributed by atoms with Crippen molar-refractivity contribution in [1.82, 2.24) is 19.6 Å². The van der Waals surface area contributed by atoms with Crippen molar-refractivity contribution >= 4 is 17.4 Å². The highest BCUT2D eigenvalue weighted by atomic mass is 16.3. The Morgan fingerprint density at radius 2 is 1.77 bits per heavy atom. The normalized spacial score (nSPS) is 18.6. The lowest BCUT2D eigenvalue weighted by molar-refractivity contribution is -0.140. The van der Waals surface area contributed by atoms with Gasteiger partial charge in [0.25, 0.3) is 11.7 Å². The van der Waals surface area contributed by atoms with Crippen molar-refractivity contribution in [2.75, 3.05) is 27.2 Å². The summed E-state index contributed by atoms with van der Waals surface area (Å²) in [6, 6.07) is 7.30. The molecule has 1 aromatic carbocycles. The van der Waals surface area contributed by atoms with Gasteiger partial charge in [0.15, 0.2) is 0 Å². The first kappa shape index (κ1) is 22.7. The van der Waals surface area contributed by atoms with E-state index in [2.05, 4.69) is 18.9 Å². The van der Waals surface area contributed by atoms with Gasteiger partial charge in [-0.1, -0.05) is 38.1 Å². The second-order valence-corrected chi connectivity index (χ2v) is 8.79. The van der Waals surface area contributed by atoms with E-state index in [1.54, 1.807) is 23.6 Å². The Balaban J connectivity index is 2.19. The number of hydrogen-bond acceptors (Lipinski definition) is 5. The number of aromatic nitrogens is 2. The minimum Gasteiger partial charge on any atom is -0.507 e. The number of aliphatic hydroxyl groups is 1. The third-order valence-corrected chi connectivity index (χ3v) is 5.99. The van der Waals surface area contributed by atoms with E-state index in [4.69, 9.17) is 0 Å². The number of rotatable bonds is 6. The van der Waals surface area contributed by atoms with Crippen LogP contribution in [0.3, 0.4) is 0 Å². The number of hydrogen-bond donors (Lipinski definition) is 1. The molecule has 0 aliphatic carbocycles. The van der Waals surface area contributed by atoms with Crippen LogP contribution in [-0.2, 0) is 16.6 Å². The lowest BCUT2D eigenvalue weighted by Gasteiger charge is -2.27. The largest absolute Gasteiger partial charge is 0.507 e. The number of amides is 1. The minimum absolute atomic E-state index is 0.125. The fourth-order valence-corrected chi connectivity index (χ4v) is 4.08. The number of benzene rings is 1. The molecule has 0 spiro atoms. The zero-order chi connectivity index (χ0) is 23.0. The van der Waals surface area contributed by atoms with E-state index in [0.29, 0.717) is 30.3 Å². The van der Waals surface area contributed by atoms with Gasteiger partial charge in [-0.2, -0.15) is 5.10 Å². The van der Waals surface area contributed by atoms with E-state index in [1.807, 2.05) is 50.2 Å². The third kappa shape index (κ3) is 4.14. The van der Waals surface area contributed by atoms with Crippen molar-refractivity contribution in [3.8, 4) is 0 Å². The molecule has 31 heavy (non-hydrogen) atoms. The number of aliphatic hydroxyl groups excluding tert-OH is 1. The molecule has 0 radical (unpaired) electrons. The number of Topliss-reactive ketones (excluding diaryl/α,β-unsaturated/α-hetero) is 1. The second-order valence-electron chi connectivity index (χ2n) is 8.79. The summed E-state index contributed by atoms with van der Waals surface area (Å²) in [4.78, 5) is 29.6. The highest BCUT2D eigenvalue weighted by molar-refractivity contribution is 6.46. The van der Waals surface area contributed by atoms with Crippen LogP contribution < -0.4 is 0 Å². The summed E-state index contributed by atoms with van der Waals surface area (Å²) in [6.45, 7) is 8.85. The molecule has 1 aliphatic rings. The Morgan fingerprint density at radius 3 is 2.26 bits per heavy atom. The summed E-state index contributed by atoms with van der Waals surface area (Å²) < 4.78 is 1.67. The predicted molar refractivity (Wildman–Crippen MR) is 121 cm³/mol. The average Bonchev–Trinajstić information content (AvgIpc) is 3.11. The van der Waals surface area contributed by atoms with Crippen LogP contribution in [0.25, 0.3) is 5.76 Å². The maximum absolute atomic E-state index is 13.1.